The minimum Gasteiger partial charge on any atom is -0.388 e. The molecular formula is C13H8ClF9O. The van der Waals surface area contributed by atoms with Crippen molar-refractivity contribution >= 4 is 11.6 Å². The smallest absolute Gasteiger partial charge is 0.381 e. The van der Waals surface area contributed by atoms with Gasteiger partial charge in [-0.2, -0.15) is 35.1 Å². The zero-order valence-corrected chi connectivity index (χ0v) is 12.1. The first kappa shape index (κ1) is 19.2. The van der Waals surface area contributed by atoms with Crippen molar-refractivity contribution in [1.29, 1.82) is 0 Å². The Morgan fingerprint density at radius 1 is 0.833 bits per heavy atom. The Labute approximate surface area is 134 Å². The molecule has 1 aromatic carbocycles. The van der Waals surface area contributed by atoms with Crippen LogP contribution in [0.2, 0.25) is 5.02 Å². The van der Waals surface area contributed by atoms with Gasteiger partial charge < -0.3 is 5.11 Å². The van der Waals surface area contributed by atoms with Crippen molar-refractivity contribution in [2.24, 2.45) is 0 Å². The van der Waals surface area contributed by atoms with Gasteiger partial charge in [-0.05, 0) is 17.7 Å². The second-order valence-electron chi connectivity index (χ2n) is 5.37. The molecule has 0 saturated heterocycles. The van der Waals surface area contributed by atoms with Gasteiger partial charge in [0.15, 0.2) is 0 Å². The maximum absolute atomic E-state index is 14.2. The highest BCUT2D eigenvalue weighted by Gasteiger charge is 3.00. The molecule has 1 saturated carbocycles. The van der Waals surface area contributed by atoms with Crippen LogP contribution in [0.5, 0.6) is 0 Å². The third-order valence-electron chi connectivity index (χ3n) is 3.89. The Morgan fingerprint density at radius 3 is 1.71 bits per heavy atom. The third-order valence-corrected chi connectivity index (χ3v) is 4.12. The van der Waals surface area contributed by atoms with Gasteiger partial charge in [0.1, 0.15) is 0 Å². The zero-order chi connectivity index (χ0) is 18.8. The molecule has 1 aromatic rings. The number of hydrogen-bond donors (Lipinski definition) is 1. The lowest BCUT2D eigenvalue weighted by molar-refractivity contribution is -0.303. The van der Waals surface area contributed by atoms with Crippen LogP contribution in [-0.4, -0.2) is 34.5 Å². The van der Waals surface area contributed by atoms with Crippen LogP contribution >= 0.6 is 11.6 Å². The Morgan fingerprint density at radius 2 is 1.29 bits per heavy atom. The molecule has 1 nitrogen and oxygen atoms in total. The molecule has 1 unspecified atom stereocenters. The molecule has 11 heteroatoms. The number of alkyl halides is 9. The van der Waals surface area contributed by atoms with Gasteiger partial charge >= 0.3 is 23.7 Å². The molecule has 24 heavy (non-hydrogen) atoms. The van der Waals surface area contributed by atoms with Crippen LogP contribution in [0.4, 0.5) is 39.5 Å². The van der Waals surface area contributed by atoms with Crippen molar-refractivity contribution in [3.05, 3.63) is 34.9 Å². The lowest BCUT2D eigenvalue weighted by Crippen LogP contribution is -2.55. The Bertz CT molecular complexity index is 620. The summed E-state index contributed by atoms with van der Waals surface area (Å²) < 4.78 is 121. The molecule has 1 N–H and O–H groups in total. The molecule has 0 amide bonds. The SMILES string of the molecule is OC(CC1(F)C(F)(F)C(F)(F)C(F)(F)C1(F)F)c1cccc(Cl)c1. The highest BCUT2D eigenvalue weighted by Crippen LogP contribution is 2.70. The maximum atomic E-state index is 14.2. The number of rotatable bonds is 3. The molecule has 0 aromatic heterocycles. The van der Waals surface area contributed by atoms with Crippen LogP contribution in [0.3, 0.4) is 0 Å². The highest BCUT2D eigenvalue weighted by atomic mass is 35.5. The zero-order valence-electron chi connectivity index (χ0n) is 11.3. The highest BCUT2D eigenvalue weighted by molar-refractivity contribution is 6.30. The van der Waals surface area contributed by atoms with Crippen LogP contribution in [-0.2, 0) is 0 Å². The summed E-state index contributed by atoms with van der Waals surface area (Å²) in [7, 11) is 0. The van der Waals surface area contributed by atoms with Gasteiger partial charge in [0.05, 0.1) is 6.10 Å². The third kappa shape index (κ3) is 2.08. The molecule has 1 atom stereocenters. The van der Waals surface area contributed by atoms with E-state index in [1.54, 1.807) is 0 Å². The van der Waals surface area contributed by atoms with E-state index in [1.165, 1.54) is 6.07 Å². The van der Waals surface area contributed by atoms with E-state index in [4.69, 9.17) is 11.6 Å². The number of benzene rings is 1. The van der Waals surface area contributed by atoms with Crippen LogP contribution < -0.4 is 0 Å². The summed E-state index contributed by atoms with van der Waals surface area (Å²) >= 11 is 5.50. The lowest BCUT2D eigenvalue weighted by Gasteiger charge is -2.32. The van der Waals surface area contributed by atoms with Crippen molar-refractivity contribution in [3.8, 4) is 0 Å². The van der Waals surface area contributed by atoms with Gasteiger partial charge in [0.2, 0.25) is 0 Å². The van der Waals surface area contributed by atoms with Crippen molar-refractivity contribution in [2.45, 2.75) is 41.9 Å². The number of hydrogen-bond acceptors (Lipinski definition) is 1. The number of aliphatic hydroxyl groups excluding tert-OH is 1. The van der Waals surface area contributed by atoms with E-state index >= 15 is 0 Å². The van der Waals surface area contributed by atoms with E-state index in [1.807, 2.05) is 0 Å². The number of aliphatic hydroxyl groups is 1. The first-order valence-corrected chi connectivity index (χ1v) is 6.65. The van der Waals surface area contributed by atoms with Crippen molar-refractivity contribution in [1.82, 2.24) is 0 Å². The van der Waals surface area contributed by atoms with Gasteiger partial charge in [-0.1, -0.05) is 23.7 Å². The second-order valence-corrected chi connectivity index (χ2v) is 5.81. The average molecular weight is 387 g/mol. The molecular weight excluding hydrogens is 379 g/mol. The first-order valence-electron chi connectivity index (χ1n) is 6.27. The van der Waals surface area contributed by atoms with Crippen molar-refractivity contribution in [2.75, 3.05) is 0 Å². The Kier molecular flexibility index (Phi) is 4.13. The van der Waals surface area contributed by atoms with Crippen LogP contribution in [0, 0.1) is 0 Å². The van der Waals surface area contributed by atoms with E-state index in [9.17, 15) is 44.6 Å². The van der Waals surface area contributed by atoms with Crippen molar-refractivity contribution in [3.63, 3.8) is 0 Å². The van der Waals surface area contributed by atoms with Gasteiger partial charge in [0, 0.05) is 11.4 Å². The predicted molar refractivity (Wildman–Crippen MR) is 64.7 cm³/mol. The summed E-state index contributed by atoms with van der Waals surface area (Å²) in [5.41, 5.74) is -6.17. The molecule has 0 spiro atoms. The van der Waals surface area contributed by atoms with E-state index < -0.39 is 47.4 Å². The predicted octanol–water partition coefficient (Wildman–Crippen LogP) is 5.03. The molecule has 2 rings (SSSR count). The summed E-state index contributed by atoms with van der Waals surface area (Å²) in [5, 5.41) is 9.51. The standard InChI is InChI=1S/C13H8ClF9O/c14-7-3-1-2-6(4-7)8(24)5-9(15)10(16,17)12(20,21)13(22,23)11(9,18)19/h1-4,8,24H,5H2. The summed E-state index contributed by atoms with van der Waals surface area (Å²) in [6.45, 7) is 0. The molecule has 0 heterocycles. The van der Waals surface area contributed by atoms with E-state index in [-0.39, 0.29) is 5.02 Å². The quantitative estimate of drug-likeness (QED) is 0.723. The Hall–Kier alpha value is -1.16. The summed E-state index contributed by atoms with van der Waals surface area (Å²) in [6, 6.07) is 4.16. The van der Waals surface area contributed by atoms with Gasteiger partial charge in [-0.15, -0.1) is 0 Å². The fourth-order valence-corrected chi connectivity index (χ4v) is 2.64. The van der Waals surface area contributed by atoms with Gasteiger partial charge in [-0.3, -0.25) is 0 Å². The average Bonchev–Trinajstić information content (AvgIpc) is 2.49. The first-order chi connectivity index (χ1) is 10.6. The topological polar surface area (TPSA) is 20.2 Å². The minimum absolute atomic E-state index is 0.111. The lowest BCUT2D eigenvalue weighted by atomic mass is 9.88. The van der Waals surface area contributed by atoms with Gasteiger partial charge in [0.25, 0.3) is 5.67 Å². The van der Waals surface area contributed by atoms with E-state index in [0.29, 0.717) is 0 Å². The molecule has 0 aliphatic heterocycles. The molecule has 0 bridgehead atoms. The summed E-state index contributed by atoms with van der Waals surface area (Å²) in [5.74, 6) is -26.1. The summed E-state index contributed by atoms with van der Waals surface area (Å²) in [6.07, 6.45) is -4.89. The second kappa shape index (κ2) is 5.17. The molecule has 1 fully saturated rings. The molecule has 136 valence electrons. The van der Waals surface area contributed by atoms with E-state index in [2.05, 4.69) is 0 Å². The van der Waals surface area contributed by atoms with Crippen LogP contribution in [0.15, 0.2) is 24.3 Å². The largest absolute Gasteiger partial charge is 0.388 e. The molecule has 1 aliphatic rings. The normalized spacial score (nSPS) is 27.0. The van der Waals surface area contributed by atoms with Crippen LogP contribution in [0.1, 0.15) is 18.1 Å². The number of halogens is 10. The fourth-order valence-electron chi connectivity index (χ4n) is 2.44. The van der Waals surface area contributed by atoms with Crippen LogP contribution in [0.25, 0.3) is 0 Å². The summed E-state index contributed by atoms with van der Waals surface area (Å²) in [4.78, 5) is 0. The van der Waals surface area contributed by atoms with Crippen molar-refractivity contribution < 1.29 is 44.6 Å². The fraction of sp³-hybridized carbons (Fsp3) is 0.538. The van der Waals surface area contributed by atoms with Gasteiger partial charge in [-0.25, -0.2) is 4.39 Å². The Balaban J connectivity index is 2.51. The minimum atomic E-state index is -6.65. The maximum Gasteiger partial charge on any atom is 0.381 e. The molecule has 1 aliphatic carbocycles. The van der Waals surface area contributed by atoms with E-state index in [0.717, 1.165) is 18.2 Å². The monoisotopic (exact) mass is 386 g/mol. The molecule has 0 radical (unpaired) electrons.